The molecule has 6 nitrogen and oxygen atoms in total. The van der Waals surface area contributed by atoms with E-state index in [1.165, 1.54) is 19.2 Å². The van der Waals surface area contributed by atoms with Gasteiger partial charge in [-0.05, 0) is 49.7 Å². The molecule has 27 heavy (non-hydrogen) atoms. The van der Waals surface area contributed by atoms with Crippen LogP contribution in [0.3, 0.4) is 0 Å². The van der Waals surface area contributed by atoms with Crippen molar-refractivity contribution in [1.82, 2.24) is 5.32 Å². The van der Waals surface area contributed by atoms with Crippen LogP contribution in [-0.4, -0.2) is 34.0 Å². The summed E-state index contributed by atoms with van der Waals surface area (Å²) in [6.07, 6.45) is 1.77. The van der Waals surface area contributed by atoms with Crippen LogP contribution in [0.15, 0.2) is 59.5 Å². The summed E-state index contributed by atoms with van der Waals surface area (Å²) in [5.74, 6) is 0.267. The Hall–Kier alpha value is -2.54. The number of rotatable bonds is 9. The molecule has 146 valence electrons. The molecule has 0 saturated carbocycles. The predicted molar refractivity (Wildman–Crippen MR) is 106 cm³/mol. The lowest BCUT2D eigenvalue weighted by Gasteiger charge is -2.25. The molecule has 0 spiro atoms. The van der Waals surface area contributed by atoms with E-state index >= 15 is 0 Å². The number of hydrogen-bond acceptors (Lipinski definition) is 4. The maximum Gasteiger partial charge on any atom is 0.264 e. The van der Waals surface area contributed by atoms with Gasteiger partial charge in [-0.3, -0.25) is 9.10 Å². The molecule has 0 radical (unpaired) electrons. The Morgan fingerprint density at radius 3 is 2.30 bits per heavy atom. The van der Waals surface area contributed by atoms with Gasteiger partial charge in [-0.15, -0.1) is 0 Å². The Balaban J connectivity index is 2.35. The summed E-state index contributed by atoms with van der Waals surface area (Å²) in [5, 5.41) is 2.86. The van der Waals surface area contributed by atoms with Crippen molar-refractivity contribution in [2.45, 2.75) is 37.6 Å². The van der Waals surface area contributed by atoms with Crippen molar-refractivity contribution in [3.63, 3.8) is 0 Å². The number of amides is 1. The molecule has 1 amide bonds. The van der Waals surface area contributed by atoms with Crippen LogP contribution in [-0.2, 0) is 14.8 Å². The first-order valence-corrected chi connectivity index (χ1v) is 10.3. The molecule has 7 heteroatoms. The molecule has 0 aromatic heterocycles. The van der Waals surface area contributed by atoms with E-state index in [0.717, 1.165) is 17.1 Å². The third-order valence-electron chi connectivity index (χ3n) is 4.11. The molecule has 0 aliphatic heterocycles. The van der Waals surface area contributed by atoms with Gasteiger partial charge in [0.05, 0.1) is 17.7 Å². The first kappa shape index (κ1) is 20.8. The standard InChI is InChI=1S/C20H26N2O4S/c1-4-8-16(2)21-20(23)15-22(17-11-13-18(26-3)14-12-17)27(24,25)19-9-6-5-7-10-19/h5-7,9-14,16H,4,8,15H2,1-3H3,(H,21,23)/t16-/m1/s1. The van der Waals surface area contributed by atoms with Crippen molar-refractivity contribution in [1.29, 1.82) is 0 Å². The van der Waals surface area contributed by atoms with Crippen LogP contribution in [0.1, 0.15) is 26.7 Å². The molecule has 1 N–H and O–H groups in total. The second-order valence-corrected chi connectivity index (χ2v) is 8.14. The van der Waals surface area contributed by atoms with Crippen LogP contribution < -0.4 is 14.4 Å². The van der Waals surface area contributed by atoms with Gasteiger partial charge in [0.2, 0.25) is 5.91 Å². The highest BCUT2D eigenvalue weighted by Gasteiger charge is 2.27. The smallest absolute Gasteiger partial charge is 0.264 e. The first-order valence-electron chi connectivity index (χ1n) is 8.89. The first-order chi connectivity index (χ1) is 12.9. The van der Waals surface area contributed by atoms with E-state index in [1.54, 1.807) is 42.5 Å². The van der Waals surface area contributed by atoms with Crippen LogP contribution in [0, 0.1) is 0 Å². The maximum absolute atomic E-state index is 13.1. The lowest BCUT2D eigenvalue weighted by atomic mass is 10.2. The van der Waals surface area contributed by atoms with Gasteiger partial charge in [0.25, 0.3) is 10.0 Å². The van der Waals surface area contributed by atoms with Crippen LogP contribution in [0.5, 0.6) is 5.75 Å². The van der Waals surface area contributed by atoms with E-state index in [1.807, 2.05) is 13.8 Å². The minimum absolute atomic E-state index is 0.0142. The lowest BCUT2D eigenvalue weighted by Crippen LogP contribution is -2.43. The molecule has 2 aromatic rings. The quantitative estimate of drug-likeness (QED) is 0.713. The van der Waals surface area contributed by atoms with Gasteiger partial charge in [0.1, 0.15) is 12.3 Å². The molecule has 0 aliphatic carbocycles. The van der Waals surface area contributed by atoms with Gasteiger partial charge in [-0.25, -0.2) is 8.42 Å². The molecule has 0 heterocycles. The highest BCUT2D eigenvalue weighted by atomic mass is 32.2. The number of nitrogens with zero attached hydrogens (tertiary/aromatic N) is 1. The van der Waals surface area contributed by atoms with Crippen LogP contribution >= 0.6 is 0 Å². The van der Waals surface area contributed by atoms with Gasteiger partial charge < -0.3 is 10.1 Å². The fourth-order valence-electron chi connectivity index (χ4n) is 2.74. The highest BCUT2D eigenvalue weighted by Crippen LogP contribution is 2.25. The summed E-state index contributed by atoms with van der Waals surface area (Å²) in [5.41, 5.74) is 0.401. The number of methoxy groups -OCH3 is 1. The summed E-state index contributed by atoms with van der Waals surface area (Å²) >= 11 is 0. The molecule has 0 fully saturated rings. The number of carbonyl (C=O) groups is 1. The normalized spacial score (nSPS) is 12.3. The van der Waals surface area contributed by atoms with Gasteiger partial charge in [-0.1, -0.05) is 31.5 Å². The number of ether oxygens (including phenoxy) is 1. The largest absolute Gasteiger partial charge is 0.497 e. The lowest BCUT2D eigenvalue weighted by molar-refractivity contribution is -0.120. The molecular formula is C20H26N2O4S. The summed E-state index contributed by atoms with van der Waals surface area (Å²) < 4.78 is 32.6. The Kier molecular flexibility index (Phi) is 7.24. The Bertz CT molecular complexity index is 836. The molecule has 0 bridgehead atoms. The van der Waals surface area contributed by atoms with Crippen molar-refractivity contribution in [3.05, 3.63) is 54.6 Å². The zero-order valence-corrected chi connectivity index (χ0v) is 16.7. The third-order valence-corrected chi connectivity index (χ3v) is 5.90. The number of hydrogen-bond donors (Lipinski definition) is 1. The minimum Gasteiger partial charge on any atom is -0.497 e. The van der Waals surface area contributed by atoms with Gasteiger partial charge in [-0.2, -0.15) is 0 Å². The number of sulfonamides is 1. The van der Waals surface area contributed by atoms with Crippen LogP contribution in [0.2, 0.25) is 0 Å². The van der Waals surface area contributed by atoms with E-state index < -0.39 is 10.0 Å². The number of benzene rings is 2. The average molecular weight is 391 g/mol. The van der Waals surface area contributed by atoms with E-state index in [4.69, 9.17) is 4.74 Å². The second-order valence-electron chi connectivity index (χ2n) is 6.28. The number of nitrogens with one attached hydrogen (secondary N) is 1. The fourth-order valence-corrected chi connectivity index (χ4v) is 4.18. The van der Waals surface area contributed by atoms with E-state index in [9.17, 15) is 13.2 Å². The zero-order valence-electron chi connectivity index (χ0n) is 15.9. The van der Waals surface area contributed by atoms with Crippen molar-refractivity contribution in [2.75, 3.05) is 18.0 Å². The van der Waals surface area contributed by atoms with E-state index in [0.29, 0.717) is 11.4 Å². The van der Waals surface area contributed by atoms with Gasteiger partial charge in [0, 0.05) is 6.04 Å². The van der Waals surface area contributed by atoms with Gasteiger partial charge >= 0.3 is 0 Å². The molecule has 0 unspecified atom stereocenters. The second kappa shape index (κ2) is 9.41. The molecule has 2 aromatic carbocycles. The van der Waals surface area contributed by atoms with Crippen molar-refractivity contribution >= 4 is 21.6 Å². The van der Waals surface area contributed by atoms with Crippen LogP contribution in [0.25, 0.3) is 0 Å². The minimum atomic E-state index is -3.89. The number of carbonyl (C=O) groups excluding carboxylic acids is 1. The molecule has 2 rings (SSSR count). The topological polar surface area (TPSA) is 75.7 Å². The molecule has 1 atom stereocenters. The van der Waals surface area contributed by atoms with Crippen molar-refractivity contribution in [3.8, 4) is 5.75 Å². The van der Waals surface area contributed by atoms with E-state index in [-0.39, 0.29) is 23.4 Å². The van der Waals surface area contributed by atoms with Gasteiger partial charge in [0.15, 0.2) is 0 Å². The Labute approximate surface area is 161 Å². The summed E-state index contributed by atoms with van der Waals surface area (Å²) in [6, 6.07) is 14.7. The SMILES string of the molecule is CCC[C@@H](C)NC(=O)CN(c1ccc(OC)cc1)S(=O)(=O)c1ccccc1. The predicted octanol–water partition coefficient (Wildman–Crippen LogP) is 3.20. The summed E-state index contributed by atoms with van der Waals surface area (Å²) in [6.45, 7) is 3.65. The summed E-state index contributed by atoms with van der Waals surface area (Å²) in [7, 11) is -2.35. The van der Waals surface area contributed by atoms with Crippen molar-refractivity contribution < 1.29 is 17.9 Å². The van der Waals surface area contributed by atoms with E-state index in [2.05, 4.69) is 5.32 Å². The Morgan fingerprint density at radius 2 is 1.74 bits per heavy atom. The average Bonchev–Trinajstić information content (AvgIpc) is 2.67. The maximum atomic E-state index is 13.1. The zero-order chi connectivity index (χ0) is 19.9. The summed E-state index contributed by atoms with van der Waals surface area (Å²) in [4.78, 5) is 12.6. The van der Waals surface area contributed by atoms with Crippen LogP contribution in [0.4, 0.5) is 5.69 Å². The number of anilines is 1. The Morgan fingerprint density at radius 1 is 1.11 bits per heavy atom. The molecule has 0 aliphatic rings. The monoisotopic (exact) mass is 390 g/mol. The van der Waals surface area contributed by atoms with Crippen molar-refractivity contribution in [2.24, 2.45) is 0 Å². The third kappa shape index (κ3) is 5.47. The highest BCUT2D eigenvalue weighted by molar-refractivity contribution is 7.92. The fraction of sp³-hybridized carbons (Fsp3) is 0.350. The molecule has 0 saturated heterocycles. The molecular weight excluding hydrogens is 364 g/mol.